The van der Waals surface area contributed by atoms with Gasteiger partial charge in [0.25, 0.3) is 0 Å². The summed E-state index contributed by atoms with van der Waals surface area (Å²) in [5.41, 5.74) is 4.38. The number of unbranched alkanes of at least 4 members (excludes halogenated alkanes) is 2. The average molecular weight is 664 g/mol. The number of phenolic OH excluding ortho intramolecular Hbond substituents is 1. The minimum atomic E-state index is -0.643. The number of esters is 2. The topological polar surface area (TPSA) is 122 Å². The summed E-state index contributed by atoms with van der Waals surface area (Å²) in [5, 5.41) is 20.7. The molecule has 0 bridgehead atoms. The molecule has 0 saturated carbocycles. The Morgan fingerprint density at radius 1 is 0.729 bits per heavy atom. The highest BCUT2D eigenvalue weighted by atomic mass is 16.5. The highest BCUT2D eigenvalue weighted by Gasteiger charge is 2.34. The third kappa shape index (κ3) is 18.2. The van der Waals surface area contributed by atoms with Gasteiger partial charge in [-0.1, -0.05) is 111 Å². The number of amides is 1. The van der Waals surface area contributed by atoms with Crippen LogP contribution in [-0.2, 0) is 36.9 Å². The molecule has 0 aliphatic carbocycles. The molecule has 0 aliphatic heterocycles. The van der Waals surface area contributed by atoms with Crippen LogP contribution in [0.2, 0.25) is 0 Å². The molecule has 8 nitrogen and oxygen atoms in total. The van der Waals surface area contributed by atoms with Gasteiger partial charge in [-0.3, -0.25) is 14.4 Å². The van der Waals surface area contributed by atoms with Crippen LogP contribution in [0.5, 0.6) is 5.75 Å². The number of benzene rings is 3. The summed E-state index contributed by atoms with van der Waals surface area (Å²) in [6.45, 7) is 10.2. The van der Waals surface area contributed by atoms with Crippen molar-refractivity contribution in [3.63, 3.8) is 0 Å². The zero-order valence-corrected chi connectivity index (χ0v) is 29.6. The number of aromatic hydroxyl groups is 1. The Morgan fingerprint density at radius 3 is 1.92 bits per heavy atom. The van der Waals surface area contributed by atoms with Gasteiger partial charge < -0.3 is 25.0 Å². The summed E-state index contributed by atoms with van der Waals surface area (Å²) in [5.74, 6) is -2.24. The minimum Gasteiger partial charge on any atom is -0.508 e. The fourth-order valence-electron chi connectivity index (χ4n) is 4.80. The van der Waals surface area contributed by atoms with Gasteiger partial charge in [0, 0.05) is 6.61 Å². The first-order chi connectivity index (χ1) is 23.2. The lowest BCUT2D eigenvalue weighted by molar-refractivity contribution is -0.154. The zero-order valence-electron chi connectivity index (χ0n) is 29.6. The maximum Gasteiger partial charge on any atom is 0.325 e. The van der Waals surface area contributed by atoms with Gasteiger partial charge in [0.2, 0.25) is 5.91 Å². The first kappa shape index (κ1) is 41.9. The number of carbonyl (C=O) groups excluding carboxylic acids is 3. The standard InChI is InChI=1S/C31H43NO6.C7H8O.C2H6/c1-3-4-21-37-31(36)28(14-8-9-20-33)27(15-10-13-25-18-16-24(2)17-19-25)30(35)32-22-29(34)38-23-26-11-6-5-7-12-26;1-6-2-4-7(8)5-3-6;1-2/h5-7,11-12,16-19,27-28,33H,3-4,8-10,13-15,20-23H2,1-2H3,(H,32,35);2-5,8H,1H3;1-2H3. The van der Waals surface area contributed by atoms with E-state index in [9.17, 15) is 19.5 Å². The van der Waals surface area contributed by atoms with Gasteiger partial charge >= 0.3 is 11.9 Å². The Hall–Kier alpha value is -4.17. The van der Waals surface area contributed by atoms with E-state index in [-0.39, 0.29) is 25.7 Å². The highest BCUT2D eigenvalue weighted by molar-refractivity contribution is 5.87. The fraction of sp³-hybridized carbons (Fsp3) is 0.475. The molecule has 0 aliphatic rings. The number of ether oxygens (including phenoxy) is 2. The van der Waals surface area contributed by atoms with Gasteiger partial charge in [0.1, 0.15) is 18.9 Å². The van der Waals surface area contributed by atoms with Crippen LogP contribution < -0.4 is 5.32 Å². The maximum absolute atomic E-state index is 13.3. The Labute approximate surface area is 287 Å². The van der Waals surface area contributed by atoms with Crippen LogP contribution in [0.1, 0.15) is 88.0 Å². The monoisotopic (exact) mass is 663 g/mol. The van der Waals surface area contributed by atoms with Crippen molar-refractivity contribution in [2.75, 3.05) is 19.8 Å². The molecule has 1 amide bonds. The Kier molecular flexibility index (Phi) is 22.6. The van der Waals surface area contributed by atoms with Crippen molar-refractivity contribution in [2.45, 2.75) is 92.6 Å². The molecule has 8 heteroatoms. The highest BCUT2D eigenvalue weighted by Crippen LogP contribution is 2.26. The normalized spacial score (nSPS) is 11.5. The summed E-state index contributed by atoms with van der Waals surface area (Å²) in [4.78, 5) is 38.7. The van der Waals surface area contributed by atoms with Crippen molar-refractivity contribution in [2.24, 2.45) is 11.8 Å². The Balaban J connectivity index is 0.000000989. The van der Waals surface area contributed by atoms with Crippen LogP contribution in [0.25, 0.3) is 0 Å². The van der Waals surface area contributed by atoms with Crippen molar-refractivity contribution in [3.05, 3.63) is 101 Å². The Morgan fingerprint density at radius 2 is 1.33 bits per heavy atom. The van der Waals surface area contributed by atoms with Crippen LogP contribution in [0.4, 0.5) is 0 Å². The molecular weight excluding hydrogens is 606 g/mol. The number of carbonyl (C=O) groups is 3. The predicted molar refractivity (Wildman–Crippen MR) is 191 cm³/mol. The van der Waals surface area contributed by atoms with Crippen LogP contribution >= 0.6 is 0 Å². The van der Waals surface area contributed by atoms with Gasteiger partial charge in [0.05, 0.1) is 18.4 Å². The molecule has 0 aromatic heterocycles. The van der Waals surface area contributed by atoms with E-state index in [1.165, 1.54) is 16.7 Å². The maximum atomic E-state index is 13.3. The average Bonchev–Trinajstić information content (AvgIpc) is 3.11. The molecule has 0 saturated heterocycles. The lowest BCUT2D eigenvalue weighted by atomic mass is 9.83. The van der Waals surface area contributed by atoms with E-state index in [0.717, 1.165) is 24.8 Å². The quantitative estimate of drug-likeness (QED) is 0.0944. The van der Waals surface area contributed by atoms with Gasteiger partial charge in [-0.25, -0.2) is 0 Å². The first-order valence-electron chi connectivity index (χ1n) is 17.3. The number of phenols is 1. The second-order valence-corrected chi connectivity index (χ2v) is 11.5. The van der Waals surface area contributed by atoms with E-state index < -0.39 is 23.8 Å². The predicted octanol–water partition coefficient (Wildman–Crippen LogP) is 7.64. The summed E-state index contributed by atoms with van der Waals surface area (Å²) < 4.78 is 10.8. The van der Waals surface area contributed by atoms with Crippen molar-refractivity contribution < 1.29 is 34.1 Å². The number of hydrogen-bond donors (Lipinski definition) is 3. The summed E-state index contributed by atoms with van der Waals surface area (Å²) in [6.07, 6.45) is 5.20. The van der Waals surface area contributed by atoms with Crippen LogP contribution in [0, 0.1) is 25.7 Å². The summed E-state index contributed by atoms with van der Waals surface area (Å²) in [7, 11) is 0. The van der Waals surface area contributed by atoms with Gasteiger partial charge in [-0.15, -0.1) is 0 Å². The molecule has 2 unspecified atom stereocenters. The second-order valence-electron chi connectivity index (χ2n) is 11.5. The van der Waals surface area contributed by atoms with Crippen LogP contribution in [0.3, 0.4) is 0 Å². The number of aliphatic hydroxyl groups excluding tert-OH is 1. The van der Waals surface area contributed by atoms with E-state index in [2.05, 4.69) is 29.6 Å². The third-order valence-electron chi connectivity index (χ3n) is 7.58. The molecule has 0 radical (unpaired) electrons. The molecule has 3 aromatic carbocycles. The molecule has 3 aromatic rings. The molecular formula is C40H57NO7. The largest absolute Gasteiger partial charge is 0.508 e. The van der Waals surface area contributed by atoms with Crippen LogP contribution in [-0.4, -0.2) is 47.8 Å². The van der Waals surface area contributed by atoms with Gasteiger partial charge in [0.15, 0.2) is 0 Å². The number of aliphatic hydroxyl groups is 1. The number of nitrogens with one attached hydrogen (secondary N) is 1. The lowest BCUT2D eigenvalue weighted by Crippen LogP contribution is -2.41. The second kappa shape index (κ2) is 25.9. The number of rotatable bonds is 18. The van der Waals surface area contributed by atoms with E-state index >= 15 is 0 Å². The minimum absolute atomic E-state index is 0.0230. The van der Waals surface area contributed by atoms with E-state index in [1.807, 2.05) is 77.1 Å². The molecule has 264 valence electrons. The van der Waals surface area contributed by atoms with Crippen LogP contribution in [0.15, 0.2) is 78.9 Å². The smallest absolute Gasteiger partial charge is 0.325 e. The number of hydrogen-bond acceptors (Lipinski definition) is 7. The molecule has 0 heterocycles. The Bertz CT molecular complexity index is 1260. The molecule has 0 fully saturated rings. The summed E-state index contributed by atoms with van der Waals surface area (Å²) in [6, 6.07) is 24.7. The lowest BCUT2D eigenvalue weighted by Gasteiger charge is -2.25. The fourth-order valence-corrected chi connectivity index (χ4v) is 4.80. The van der Waals surface area contributed by atoms with Gasteiger partial charge in [-0.05, 0) is 75.6 Å². The molecule has 3 N–H and O–H groups in total. The number of aryl methyl sites for hydroxylation is 3. The first-order valence-corrected chi connectivity index (χ1v) is 17.3. The van der Waals surface area contributed by atoms with E-state index in [1.54, 1.807) is 12.1 Å². The molecule has 0 spiro atoms. The van der Waals surface area contributed by atoms with Crippen molar-refractivity contribution >= 4 is 17.8 Å². The van der Waals surface area contributed by atoms with Crippen molar-refractivity contribution in [1.29, 1.82) is 0 Å². The molecule has 3 rings (SSSR count). The van der Waals surface area contributed by atoms with E-state index in [4.69, 9.17) is 14.6 Å². The van der Waals surface area contributed by atoms with Crippen molar-refractivity contribution in [3.8, 4) is 5.75 Å². The van der Waals surface area contributed by atoms with Crippen molar-refractivity contribution in [1.82, 2.24) is 5.32 Å². The zero-order chi connectivity index (χ0) is 35.6. The third-order valence-corrected chi connectivity index (χ3v) is 7.58. The van der Waals surface area contributed by atoms with Gasteiger partial charge in [-0.2, -0.15) is 0 Å². The molecule has 48 heavy (non-hydrogen) atoms. The summed E-state index contributed by atoms with van der Waals surface area (Å²) >= 11 is 0. The van der Waals surface area contributed by atoms with E-state index in [0.29, 0.717) is 44.5 Å². The molecule has 2 atom stereocenters. The SMILES string of the molecule is CC.CCCCOC(=O)C(CCCCO)C(CCCc1ccc(C)cc1)C(=O)NCC(=O)OCc1ccccc1.Cc1ccc(O)cc1.